The summed E-state index contributed by atoms with van der Waals surface area (Å²) in [6, 6.07) is 0. The maximum absolute atomic E-state index is 12.6. The fraction of sp³-hybridized carbons (Fsp3) is 0.938. The number of aliphatic hydroxyl groups excluding tert-OH is 1. The minimum absolute atomic E-state index is 0.0723. The summed E-state index contributed by atoms with van der Waals surface area (Å²) in [5, 5.41) is 8.80. The van der Waals surface area contributed by atoms with Crippen molar-refractivity contribution >= 4 is 15.8 Å². The van der Waals surface area contributed by atoms with E-state index < -0.39 is 20.9 Å². The van der Waals surface area contributed by atoms with E-state index in [0.717, 1.165) is 25.7 Å². The molecule has 1 aliphatic rings. The van der Waals surface area contributed by atoms with Gasteiger partial charge in [-0.1, -0.05) is 19.3 Å². The molecule has 6 heteroatoms. The molecular weight excluding hydrogens is 304 g/mol. The van der Waals surface area contributed by atoms with Crippen molar-refractivity contribution in [1.82, 2.24) is 0 Å². The van der Waals surface area contributed by atoms with E-state index in [4.69, 9.17) is 9.84 Å². The average molecular weight is 334 g/mol. The Morgan fingerprint density at radius 1 is 1.09 bits per heavy atom. The van der Waals surface area contributed by atoms with Gasteiger partial charge in [0, 0.05) is 6.61 Å². The highest BCUT2D eigenvalue weighted by molar-refractivity contribution is 7.91. The predicted octanol–water partition coefficient (Wildman–Crippen LogP) is 2.47. The number of hydrogen-bond acceptors (Lipinski definition) is 5. The molecule has 0 aliphatic carbocycles. The van der Waals surface area contributed by atoms with E-state index in [1.165, 1.54) is 0 Å². The molecular formula is C16H30O5S. The molecule has 0 spiro atoms. The summed E-state index contributed by atoms with van der Waals surface area (Å²) in [5.41, 5.74) is -1.21. The second kappa shape index (κ2) is 7.77. The molecule has 0 saturated carbocycles. The van der Waals surface area contributed by atoms with Gasteiger partial charge in [-0.25, -0.2) is 8.42 Å². The van der Waals surface area contributed by atoms with Crippen molar-refractivity contribution in [3.8, 4) is 0 Å². The summed E-state index contributed by atoms with van der Waals surface area (Å²) in [6.45, 7) is 5.69. The van der Waals surface area contributed by atoms with Crippen LogP contribution in [0.15, 0.2) is 0 Å². The summed E-state index contributed by atoms with van der Waals surface area (Å²) in [4.78, 5) is 12.6. The lowest BCUT2D eigenvalue weighted by molar-refractivity contribution is -0.169. The molecule has 0 bridgehead atoms. The van der Waals surface area contributed by atoms with Crippen LogP contribution in [0.5, 0.6) is 0 Å². The summed E-state index contributed by atoms with van der Waals surface area (Å²) >= 11 is 0. The Morgan fingerprint density at radius 3 is 2.14 bits per heavy atom. The van der Waals surface area contributed by atoms with E-state index in [-0.39, 0.29) is 24.1 Å². The summed E-state index contributed by atoms with van der Waals surface area (Å²) < 4.78 is 28.9. The standard InChI is InChI=1S/C16H30O5S/c1-15(2,3)21-14(18)16(8-6-4-5-7-11-17)9-12-22(19,20)13-10-16/h17H,4-13H2,1-3H3. The van der Waals surface area contributed by atoms with Gasteiger partial charge in [-0.2, -0.15) is 0 Å². The van der Waals surface area contributed by atoms with Crippen LogP contribution in [0, 0.1) is 5.41 Å². The number of ether oxygens (including phenoxy) is 1. The molecule has 0 radical (unpaired) electrons. The average Bonchev–Trinajstić information content (AvgIpc) is 2.38. The highest BCUT2D eigenvalue weighted by atomic mass is 32.2. The van der Waals surface area contributed by atoms with Gasteiger partial charge in [0.15, 0.2) is 0 Å². The topological polar surface area (TPSA) is 80.7 Å². The predicted molar refractivity (Wildman–Crippen MR) is 86.3 cm³/mol. The number of sulfone groups is 1. The van der Waals surface area contributed by atoms with Gasteiger partial charge in [0.1, 0.15) is 15.4 Å². The highest BCUT2D eigenvalue weighted by Gasteiger charge is 2.45. The van der Waals surface area contributed by atoms with Crippen LogP contribution >= 0.6 is 0 Å². The first-order chi connectivity index (χ1) is 10.1. The smallest absolute Gasteiger partial charge is 0.312 e. The molecule has 22 heavy (non-hydrogen) atoms. The fourth-order valence-electron chi connectivity index (χ4n) is 2.80. The zero-order valence-corrected chi connectivity index (χ0v) is 14.9. The van der Waals surface area contributed by atoms with Gasteiger partial charge < -0.3 is 9.84 Å². The van der Waals surface area contributed by atoms with Crippen LogP contribution in [0.1, 0.15) is 65.7 Å². The quantitative estimate of drug-likeness (QED) is 0.571. The van der Waals surface area contributed by atoms with Crippen molar-refractivity contribution in [3.05, 3.63) is 0 Å². The molecule has 130 valence electrons. The van der Waals surface area contributed by atoms with Crippen molar-refractivity contribution in [3.63, 3.8) is 0 Å². The number of carbonyl (C=O) groups excluding carboxylic acids is 1. The zero-order chi connectivity index (χ0) is 16.9. The van der Waals surface area contributed by atoms with Crippen molar-refractivity contribution in [2.75, 3.05) is 18.1 Å². The number of unbranched alkanes of at least 4 members (excludes halogenated alkanes) is 3. The number of aliphatic hydroxyl groups is 1. The number of hydrogen-bond donors (Lipinski definition) is 1. The molecule has 0 amide bonds. The minimum Gasteiger partial charge on any atom is -0.460 e. The molecule has 0 atom stereocenters. The maximum atomic E-state index is 12.6. The summed E-state index contributed by atoms with van der Waals surface area (Å²) in [6.07, 6.45) is 4.90. The first-order valence-electron chi connectivity index (χ1n) is 8.15. The lowest BCUT2D eigenvalue weighted by Gasteiger charge is -2.37. The molecule has 1 fully saturated rings. The maximum Gasteiger partial charge on any atom is 0.312 e. The Morgan fingerprint density at radius 2 is 1.64 bits per heavy atom. The third kappa shape index (κ3) is 6.24. The zero-order valence-electron chi connectivity index (χ0n) is 14.1. The van der Waals surface area contributed by atoms with Crippen LogP contribution in [0.2, 0.25) is 0 Å². The van der Waals surface area contributed by atoms with Gasteiger partial charge in [0.05, 0.1) is 16.9 Å². The molecule has 1 N–H and O–H groups in total. The Kier molecular flexibility index (Phi) is 6.86. The SMILES string of the molecule is CC(C)(C)OC(=O)C1(CCCCCCO)CCS(=O)(=O)CC1. The van der Waals surface area contributed by atoms with Crippen LogP contribution in [0.25, 0.3) is 0 Å². The Hall–Kier alpha value is -0.620. The molecule has 5 nitrogen and oxygen atoms in total. The van der Waals surface area contributed by atoms with Gasteiger partial charge in [0.2, 0.25) is 0 Å². The third-order valence-corrected chi connectivity index (χ3v) is 5.83. The number of esters is 1. The van der Waals surface area contributed by atoms with Gasteiger partial charge in [-0.3, -0.25) is 4.79 Å². The van der Waals surface area contributed by atoms with Crippen LogP contribution in [0.3, 0.4) is 0 Å². The van der Waals surface area contributed by atoms with E-state index in [1.54, 1.807) is 0 Å². The summed E-state index contributed by atoms with van der Waals surface area (Å²) in [7, 11) is -3.01. The van der Waals surface area contributed by atoms with Crippen LogP contribution in [-0.2, 0) is 19.4 Å². The molecule has 1 heterocycles. The lowest BCUT2D eigenvalue weighted by Crippen LogP contribution is -2.43. The molecule has 0 aromatic carbocycles. The molecule has 1 saturated heterocycles. The number of carbonyl (C=O) groups is 1. The highest BCUT2D eigenvalue weighted by Crippen LogP contribution is 2.40. The van der Waals surface area contributed by atoms with Gasteiger partial charge >= 0.3 is 5.97 Å². The van der Waals surface area contributed by atoms with Crippen LogP contribution in [0.4, 0.5) is 0 Å². The second-order valence-corrected chi connectivity index (χ2v) is 9.63. The molecule has 0 aromatic heterocycles. The Labute approximate surface area is 134 Å². The normalized spacial score (nSPS) is 20.5. The van der Waals surface area contributed by atoms with Crippen molar-refractivity contribution in [2.45, 2.75) is 71.3 Å². The first kappa shape index (κ1) is 19.4. The van der Waals surface area contributed by atoms with Gasteiger partial charge in [-0.05, 0) is 46.5 Å². The second-order valence-electron chi connectivity index (χ2n) is 7.32. The lowest BCUT2D eigenvalue weighted by atomic mass is 9.77. The van der Waals surface area contributed by atoms with E-state index >= 15 is 0 Å². The van der Waals surface area contributed by atoms with E-state index in [1.807, 2.05) is 20.8 Å². The van der Waals surface area contributed by atoms with Crippen molar-refractivity contribution in [2.24, 2.45) is 5.41 Å². The monoisotopic (exact) mass is 334 g/mol. The number of rotatable bonds is 7. The Bertz CT molecular complexity index is 447. The largest absolute Gasteiger partial charge is 0.460 e. The van der Waals surface area contributed by atoms with E-state index in [9.17, 15) is 13.2 Å². The fourth-order valence-corrected chi connectivity index (χ4v) is 4.41. The van der Waals surface area contributed by atoms with Crippen molar-refractivity contribution in [1.29, 1.82) is 0 Å². The van der Waals surface area contributed by atoms with Crippen LogP contribution < -0.4 is 0 Å². The van der Waals surface area contributed by atoms with Gasteiger partial charge in [0.25, 0.3) is 0 Å². The molecule has 1 aliphatic heterocycles. The summed E-state index contributed by atoms with van der Waals surface area (Å²) in [5.74, 6) is -0.108. The first-order valence-corrected chi connectivity index (χ1v) is 9.97. The molecule has 1 rings (SSSR count). The van der Waals surface area contributed by atoms with Gasteiger partial charge in [-0.15, -0.1) is 0 Å². The van der Waals surface area contributed by atoms with E-state index in [0.29, 0.717) is 19.3 Å². The molecule has 0 unspecified atom stereocenters. The van der Waals surface area contributed by atoms with E-state index in [2.05, 4.69) is 0 Å². The Balaban J connectivity index is 2.71. The minimum atomic E-state index is -3.01. The third-order valence-electron chi connectivity index (χ3n) is 4.18. The molecule has 0 aromatic rings. The van der Waals surface area contributed by atoms with Crippen molar-refractivity contribution < 1.29 is 23.1 Å². The van der Waals surface area contributed by atoms with Crippen LogP contribution in [-0.4, -0.2) is 43.2 Å².